The molecule has 3 radical (unpaired) electrons. The molecular weight excluding hydrogens is 79.0 g/mol. The maximum Gasteiger partial charge on any atom is 0.0428 e. The van der Waals surface area contributed by atoms with E-state index in [9.17, 15) is 0 Å². The molecule has 0 bridgehead atoms. The summed E-state index contributed by atoms with van der Waals surface area (Å²) in [5.74, 6) is 0. The Morgan fingerprint density at radius 3 is 1.80 bits per heavy atom. The first kappa shape index (κ1) is 9.09. The van der Waals surface area contributed by atoms with Crippen LogP contribution >= 0.6 is 0 Å². The van der Waals surface area contributed by atoms with Crippen molar-refractivity contribution < 1.29 is 5.11 Å². The number of aliphatic hydroxyl groups is 1. The van der Waals surface area contributed by atoms with E-state index in [1.807, 2.05) is 6.92 Å². The third-order valence-corrected chi connectivity index (χ3v) is 0.224. The first-order valence-electron chi connectivity index (χ1n) is 1.52. The van der Waals surface area contributed by atoms with Gasteiger partial charge in [0.1, 0.15) is 0 Å². The van der Waals surface area contributed by atoms with Gasteiger partial charge >= 0.3 is 0 Å². The summed E-state index contributed by atoms with van der Waals surface area (Å²) in [6.07, 6.45) is 0.875. The van der Waals surface area contributed by atoms with Gasteiger partial charge in [-0.1, -0.05) is 6.92 Å². The molecule has 0 fully saturated rings. The van der Waals surface area contributed by atoms with Gasteiger partial charge in [0.15, 0.2) is 0 Å². The summed E-state index contributed by atoms with van der Waals surface area (Å²) < 4.78 is 0. The van der Waals surface area contributed by atoms with Crippen molar-refractivity contribution in [2.45, 2.75) is 13.3 Å². The zero-order valence-electron chi connectivity index (χ0n) is 3.44. The van der Waals surface area contributed by atoms with Gasteiger partial charge in [0.05, 0.1) is 0 Å². The lowest BCUT2D eigenvalue weighted by Gasteiger charge is -1.69. The number of hydrogen-bond donors (Lipinski definition) is 1. The number of hydrogen-bond acceptors (Lipinski definition) is 1. The standard InChI is InChI=1S/C3H8O.Al/c1-2-3-4;/h4H,2-3H2,1H3;. The van der Waals surface area contributed by atoms with Crippen LogP contribution in [-0.2, 0) is 0 Å². The van der Waals surface area contributed by atoms with Gasteiger partial charge < -0.3 is 5.11 Å². The molecule has 0 aliphatic carbocycles. The van der Waals surface area contributed by atoms with E-state index >= 15 is 0 Å². The minimum Gasteiger partial charge on any atom is -0.396 e. The number of aliphatic hydroxyl groups excluding tert-OH is 1. The molecule has 0 spiro atoms. The summed E-state index contributed by atoms with van der Waals surface area (Å²) in [4.78, 5) is 0. The van der Waals surface area contributed by atoms with E-state index in [2.05, 4.69) is 0 Å². The highest BCUT2D eigenvalue weighted by Gasteiger charge is 1.57. The molecular formula is C3H8AlO. The van der Waals surface area contributed by atoms with Crippen LogP contribution in [0.25, 0.3) is 0 Å². The quantitative estimate of drug-likeness (QED) is 0.446. The summed E-state index contributed by atoms with van der Waals surface area (Å²) >= 11 is 0. The Balaban J connectivity index is 0. The molecule has 0 rings (SSSR count). The second-order valence-electron chi connectivity index (χ2n) is 0.724. The normalized spacial score (nSPS) is 6.00. The van der Waals surface area contributed by atoms with E-state index in [0.29, 0.717) is 6.61 Å². The zero-order valence-corrected chi connectivity index (χ0v) is 4.59. The largest absolute Gasteiger partial charge is 0.396 e. The smallest absolute Gasteiger partial charge is 0.0428 e. The van der Waals surface area contributed by atoms with E-state index in [0.717, 1.165) is 6.42 Å². The van der Waals surface area contributed by atoms with Gasteiger partial charge in [0.2, 0.25) is 0 Å². The molecule has 0 amide bonds. The van der Waals surface area contributed by atoms with Crippen molar-refractivity contribution in [2.24, 2.45) is 0 Å². The van der Waals surface area contributed by atoms with Crippen molar-refractivity contribution in [3.63, 3.8) is 0 Å². The lowest BCUT2D eigenvalue weighted by molar-refractivity contribution is 0.295. The fourth-order valence-electron chi connectivity index (χ4n) is 0. The Morgan fingerprint density at radius 2 is 1.80 bits per heavy atom. The van der Waals surface area contributed by atoms with Crippen molar-refractivity contribution in [2.75, 3.05) is 6.61 Å². The molecule has 29 valence electrons. The fourth-order valence-corrected chi connectivity index (χ4v) is 0. The second-order valence-corrected chi connectivity index (χ2v) is 0.724. The summed E-state index contributed by atoms with van der Waals surface area (Å²) in [6, 6.07) is 0. The Kier molecular flexibility index (Phi) is 16.0. The molecule has 0 aliphatic heterocycles. The molecule has 0 heterocycles. The van der Waals surface area contributed by atoms with Crippen LogP contribution in [0.15, 0.2) is 0 Å². The van der Waals surface area contributed by atoms with Crippen LogP contribution in [0.5, 0.6) is 0 Å². The third kappa shape index (κ3) is 12.5. The highest BCUT2D eigenvalue weighted by Crippen LogP contribution is 1.61. The zero-order chi connectivity index (χ0) is 3.41. The van der Waals surface area contributed by atoms with Gasteiger partial charge in [-0.2, -0.15) is 0 Å². The summed E-state index contributed by atoms with van der Waals surface area (Å²) in [6.45, 7) is 2.25. The third-order valence-electron chi connectivity index (χ3n) is 0.224. The predicted molar refractivity (Wildman–Crippen MR) is 23.1 cm³/mol. The lowest BCUT2D eigenvalue weighted by atomic mass is 10.5. The van der Waals surface area contributed by atoms with Crippen LogP contribution in [0, 0.1) is 0 Å². The van der Waals surface area contributed by atoms with E-state index < -0.39 is 0 Å². The van der Waals surface area contributed by atoms with Crippen molar-refractivity contribution >= 4 is 17.4 Å². The van der Waals surface area contributed by atoms with Crippen LogP contribution in [0.3, 0.4) is 0 Å². The molecule has 2 heteroatoms. The highest BCUT2D eigenvalue weighted by atomic mass is 27.0. The average Bonchev–Trinajstić information content (AvgIpc) is 1.37. The second kappa shape index (κ2) is 8.82. The molecule has 0 aromatic carbocycles. The maximum absolute atomic E-state index is 7.88. The predicted octanol–water partition coefficient (Wildman–Crippen LogP) is 0.00790. The Bertz CT molecular complexity index is 8.85. The lowest BCUT2D eigenvalue weighted by Crippen LogP contribution is -1.69. The molecule has 0 unspecified atom stereocenters. The topological polar surface area (TPSA) is 20.2 Å². The molecule has 0 saturated carbocycles. The molecule has 0 saturated heterocycles. The van der Waals surface area contributed by atoms with Crippen LogP contribution in [0.2, 0.25) is 0 Å². The molecule has 1 N–H and O–H groups in total. The van der Waals surface area contributed by atoms with Gasteiger partial charge in [-0.25, -0.2) is 0 Å². The van der Waals surface area contributed by atoms with E-state index in [1.54, 1.807) is 0 Å². The van der Waals surface area contributed by atoms with Crippen LogP contribution < -0.4 is 0 Å². The SMILES string of the molecule is CCCO.[Al]. The van der Waals surface area contributed by atoms with Gasteiger partial charge in [-0.15, -0.1) is 0 Å². The van der Waals surface area contributed by atoms with Crippen molar-refractivity contribution in [1.82, 2.24) is 0 Å². The van der Waals surface area contributed by atoms with Gasteiger partial charge in [0.25, 0.3) is 0 Å². The maximum atomic E-state index is 7.88. The first-order chi connectivity index (χ1) is 1.91. The van der Waals surface area contributed by atoms with Crippen molar-refractivity contribution in [3.05, 3.63) is 0 Å². The van der Waals surface area contributed by atoms with Crippen molar-refractivity contribution in [1.29, 1.82) is 0 Å². The molecule has 0 aromatic rings. The molecule has 0 aromatic heterocycles. The minimum absolute atomic E-state index is 0. The van der Waals surface area contributed by atoms with Crippen molar-refractivity contribution in [3.8, 4) is 0 Å². The monoisotopic (exact) mass is 87.0 g/mol. The van der Waals surface area contributed by atoms with Gasteiger partial charge in [-0.3, -0.25) is 0 Å². The Morgan fingerprint density at radius 1 is 1.60 bits per heavy atom. The van der Waals surface area contributed by atoms with E-state index in [1.165, 1.54) is 0 Å². The van der Waals surface area contributed by atoms with Gasteiger partial charge in [0, 0.05) is 24.0 Å². The van der Waals surface area contributed by atoms with Crippen LogP contribution in [0.1, 0.15) is 13.3 Å². The van der Waals surface area contributed by atoms with E-state index in [-0.39, 0.29) is 17.4 Å². The van der Waals surface area contributed by atoms with Crippen LogP contribution in [-0.4, -0.2) is 29.1 Å². The highest BCUT2D eigenvalue weighted by molar-refractivity contribution is 5.75. The Labute approximate surface area is 43.1 Å². The van der Waals surface area contributed by atoms with Gasteiger partial charge in [-0.05, 0) is 6.42 Å². The molecule has 0 atom stereocenters. The minimum atomic E-state index is 0. The fraction of sp³-hybridized carbons (Fsp3) is 1.00. The van der Waals surface area contributed by atoms with E-state index in [4.69, 9.17) is 5.11 Å². The van der Waals surface area contributed by atoms with Crippen LogP contribution in [0.4, 0.5) is 0 Å². The Hall–Kier alpha value is 0.492. The summed E-state index contributed by atoms with van der Waals surface area (Å²) in [7, 11) is 0. The summed E-state index contributed by atoms with van der Waals surface area (Å²) in [5, 5.41) is 7.88. The molecule has 1 nitrogen and oxygen atoms in total. The molecule has 0 aliphatic rings. The number of rotatable bonds is 1. The summed E-state index contributed by atoms with van der Waals surface area (Å²) in [5.41, 5.74) is 0. The molecule has 5 heavy (non-hydrogen) atoms. The first-order valence-corrected chi connectivity index (χ1v) is 1.52. The average molecular weight is 87.1 g/mol.